The SMILES string of the molecule is CC.[B]C(O)(O)COC(=O)N1CCC2(CC(N3CCC(c4ccnn4C(O)O)CC3)C2)C1. The van der Waals surface area contributed by atoms with E-state index >= 15 is 0 Å². The fourth-order valence-electron chi connectivity index (χ4n) is 5.28. The Morgan fingerprint density at radius 1 is 1.28 bits per heavy atom. The van der Waals surface area contributed by atoms with Gasteiger partial charge in [0, 0.05) is 36.9 Å². The molecule has 1 spiro atoms. The van der Waals surface area contributed by atoms with E-state index in [0.717, 1.165) is 50.9 Å². The largest absolute Gasteiger partial charge is 0.445 e. The molecule has 1 aromatic heterocycles. The van der Waals surface area contributed by atoms with Gasteiger partial charge in [-0.3, -0.25) is 0 Å². The molecule has 4 N–H and O–H groups in total. The van der Waals surface area contributed by atoms with Crippen LogP contribution in [-0.4, -0.2) is 98.5 Å². The fraction of sp³-hybridized carbons (Fsp3) is 0.810. The Balaban J connectivity index is 0.00000141. The maximum atomic E-state index is 12.1. The molecule has 1 saturated carbocycles. The lowest BCUT2D eigenvalue weighted by Gasteiger charge is -2.51. The Morgan fingerprint density at radius 2 is 1.94 bits per heavy atom. The number of aliphatic hydroxyl groups is 4. The van der Waals surface area contributed by atoms with Crippen molar-refractivity contribution in [3.05, 3.63) is 18.0 Å². The number of hydrogen-bond donors (Lipinski definition) is 4. The van der Waals surface area contributed by atoms with E-state index in [1.165, 1.54) is 4.68 Å². The molecule has 4 rings (SSSR count). The number of piperidine rings is 1. The lowest BCUT2D eigenvalue weighted by Crippen LogP contribution is -2.54. The van der Waals surface area contributed by atoms with Crippen LogP contribution in [0.15, 0.2) is 12.3 Å². The highest BCUT2D eigenvalue weighted by Gasteiger charge is 2.51. The van der Waals surface area contributed by atoms with Crippen LogP contribution in [0, 0.1) is 5.41 Å². The summed E-state index contributed by atoms with van der Waals surface area (Å²) in [6.07, 6.45) is 4.33. The van der Waals surface area contributed by atoms with Crippen LogP contribution < -0.4 is 0 Å². The van der Waals surface area contributed by atoms with Crippen molar-refractivity contribution in [1.29, 1.82) is 0 Å². The number of aromatic nitrogens is 2. The predicted octanol–water partition coefficient (Wildman–Crippen LogP) is 0.327. The van der Waals surface area contributed by atoms with E-state index in [1.54, 1.807) is 11.1 Å². The molecule has 0 bridgehead atoms. The topological polar surface area (TPSA) is 132 Å². The summed E-state index contributed by atoms with van der Waals surface area (Å²) in [6.45, 7) is 6.49. The first-order valence-corrected chi connectivity index (χ1v) is 11.4. The van der Waals surface area contributed by atoms with E-state index in [1.807, 2.05) is 19.9 Å². The van der Waals surface area contributed by atoms with Gasteiger partial charge in [0.25, 0.3) is 6.41 Å². The van der Waals surface area contributed by atoms with Gasteiger partial charge >= 0.3 is 6.09 Å². The van der Waals surface area contributed by atoms with Crippen molar-refractivity contribution in [3.8, 4) is 0 Å². The van der Waals surface area contributed by atoms with Crippen LogP contribution in [0.4, 0.5) is 4.79 Å². The zero-order valence-electron chi connectivity index (χ0n) is 18.9. The molecular weight excluding hydrogens is 415 g/mol. The van der Waals surface area contributed by atoms with Crippen LogP contribution in [0.25, 0.3) is 0 Å². The Kier molecular flexibility index (Phi) is 7.87. The number of hydrogen-bond acceptors (Lipinski definition) is 8. The first kappa shape index (κ1) is 25.0. The number of likely N-dealkylation sites (tertiary alicyclic amines) is 2. The monoisotopic (exact) mass is 450 g/mol. The number of aliphatic hydroxyl groups excluding tert-OH is 1. The number of rotatable bonds is 5. The van der Waals surface area contributed by atoms with Gasteiger partial charge in [-0.1, -0.05) is 13.8 Å². The van der Waals surface area contributed by atoms with Gasteiger partial charge in [0.15, 0.2) is 7.85 Å². The molecule has 2 radical (unpaired) electrons. The first-order chi connectivity index (χ1) is 15.2. The minimum Gasteiger partial charge on any atom is -0.445 e. The number of nitrogens with zero attached hydrogens (tertiary/aromatic N) is 4. The molecular formula is C21H35BN4O6. The third kappa shape index (κ3) is 5.63. The molecule has 0 unspecified atom stereocenters. The first-order valence-electron chi connectivity index (χ1n) is 11.4. The number of carbonyl (C=O) groups excluding carboxylic acids is 1. The molecule has 0 atom stereocenters. The summed E-state index contributed by atoms with van der Waals surface area (Å²) >= 11 is 0. The molecule has 1 aromatic rings. The molecule has 1 aliphatic carbocycles. The molecule has 1 amide bonds. The summed E-state index contributed by atoms with van der Waals surface area (Å²) in [4.78, 5) is 16.2. The van der Waals surface area contributed by atoms with Crippen molar-refractivity contribution >= 4 is 13.9 Å². The molecule has 10 nitrogen and oxygen atoms in total. The highest BCUT2D eigenvalue weighted by molar-refractivity contribution is 6.13. The Bertz CT molecular complexity index is 754. The van der Waals surface area contributed by atoms with E-state index < -0.39 is 24.8 Å². The summed E-state index contributed by atoms with van der Waals surface area (Å²) in [7, 11) is 5.02. The van der Waals surface area contributed by atoms with Crippen LogP contribution in [0.3, 0.4) is 0 Å². The third-order valence-electron chi connectivity index (χ3n) is 6.83. The molecule has 32 heavy (non-hydrogen) atoms. The molecule has 2 saturated heterocycles. The zero-order chi connectivity index (χ0) is 23.5. The summed E-state index contributed by atoms with van der Waals surface area (Å²) in [5, 5.41) is 41.0. The van der Waals surface area contributed by atoms with Crippen LogP contribution in [0.2, 0.25) is 0 Å². The summed E-state index contributed by atoms with van der Waals surface area (Å²) in [5.41, 5.74) is -1.52. The van der Waals surface area contributed by atoms with Gasteiger partial charge in [0.2, 0.25) is 0 Å². The van der Waals surface area contributed by atoms with E-state index in [0.29, 0.717) is 19.1 Å². The molecule has 3 aliphatic rings. The lowest BCUT2D eigenvalue weighted by molar-refractivity contribution is -0.121. The number of carbonyl (C=O) groups is 1. The Labute approximate surface area is 190 Å². The quantitative estimate of drug-likeness (QED) is 0.373. The van der Waals surface area contributed by atoms with Crippen molar-refractivity contribution in [3.63, 3.8) is 0 Å². The van der Waals surface area contributed by atoms with E-state index in [-0.39, 0.29) is 11.3 Å². The second-order valence-electron chi connectivity index (χ2n) is 9.02. The van der Waals surface area contributed by atoms with Crippen molar-refractivity contribution < 1.29 is 30.0 Å². The van der Waals surface area contributed by atoms with E-state index in [9.17, 15) is 15.0 Å². The van der Waals surface area contributed by atoms with Gasteiger partial charge in [-0.25, -0.2) is 9.48 Å². The minimum atomic E-state index is -2.51. The van der Waals surface area contributed by atoms with E-state index in [4.69, 9.17) is 22.8 Å². The average molecular weight is 450 g/mol. The summed E-state index contributed by atoms with van der Waals surface area (Å²) in [6, 6.07) is 2.36. The predicted molar refractivity (Wildman–Crippen MR) is 117 cm³/mol. The smallest absolute Gasteiger partial charge is 0.409 e. The summed E-state index contributed by atoms with van der Waals surface area (Å²) in [5.74, 6) is 0.268. The maximum absolute atomic E-state index is 12.1. The van der Waals surface area contributed by atoms with Gasteiger partial charge in [-0.05, 0) is 56.7 Å². The maximum Gasteiger partial charge on any atom is 0.409 e. The van der Waals surface area contributed by atoms with Crippen molar-refractivity contribution in [1.82, 2.24) is 19.6 Å². The van der Waals surface area contributed by atoms with Gasteiger partial charge < -0.3 is 35.0 Å². The normalized spacial score (nSPS) is 26.7. The molecule has 2 aliphatic heterocycles. The number of amides is 1. The highest BCUT2D eigenvalue weighted by Crippen LogP contribution is 2.51. The number of ether oxygens (including phenoxy) is 1. The molecule has 11 heteroatoms. The molecule has 178 valence electrons. The second kappa shape index (κ2) is 10.1. The lowest BCUT2D eigenvalue weighted by atomic mass is 9.64. The van der Waals surface area contributed by atoms with Gasteiger partial charge in [-0.15, -0.1) is 0 Å². The van der Waals surface area contributed by atoms with E-state index in [2.05, 4.69) is 10.00 Å². The van der Waals surface area contributed by atoms with Gasteiger partial charge in [0.1, 0.15) is 12.3 Å². The van der Waals surface area contributed by atoms with Gasteiger partial charge in [0.05, 0.1) is 0 Å². The van der Waals surface area contributed by atoms with Gasteiger partial charge in [-0.2, -0.15) is 5.10 Å². The second-order valence-corrected chi connectivity index (χ2v) is 9.02. The average Bonchev–Trinajstić information content (AvgIpc) is 3.40. The molecule has 3 fully saturated rings. The molecule has 0 aromatic carbocycles. The Morgan fingerprint density at radius 3 is 2.53 bits per heavy atom. The third-order valence-corrected chi connectivity index (χ3v) is 6.83. The Hall–Kier alpha value is -1.66. The summed E-state index contributed by atoms with van der Waals surface area (Å²) < 4.78 is 6.15. The van der Waals surface area contributed by atoms with Crippen LogP contribution in [0.1, 0.15) is 64.0 Å². The fourth-order valence-corrected chi connectivity index (χ4v) is 5.28. The van der Waals surface area contributed by atoms with Crippen molar-refractivity contribution in [2.24, 2.45) is 5.41 Å². The molecule has 3 heterocycles. The zero-order valence-corrected chi connectivity index (χ0v) is 18.9. The standard InChI is InChI=1S/C19H29BN4O6.C2H6/c20-19(28,29)12-30-17(27)23-8-4-18(11-23)9-14(10-18)22-6-2-13(3-7-22)15-1-5-21-24(15)16(25)26;1-2/h1,5,13-14,16,25-26,28-29H,2-4,6-12H2;1-2H3. The highest BCUT2D eigenvalue weighted by atomic mass is 16.6. The van der Waals surface area contributed by atoms with Crippen LogP contribution in [-0.2, 0) is 4.74 Å². The van der Waals surface area contributed by atoms with Crippen LogP contribution >= 0.6 is 0 Å². The minimum absolute atomic E-state index is 0.123. The van der Waals surface area contributed by atoms with Crippen molar-refractivity contribution in [2.45, 2.75) is 70.0 Å². The van der Waals surface area contributed by atoms with Crippen molar-refractivity contribution in [2.75, 3.05) is 32.8 Å². The van der Waals surface area contributed by atoms with Crippen LogP contribution in [0.5, 0.6) is 0 Å².